The van der Waals surface area contributed by atoms with Crippen molar-refractivity contribution in [3.8, 4) is 5.75 Å². The molecule has 32 heavy (non-hydrogen) atoms. The largest absolute Gasteiger partial charge is 0.490 e. The lowest BCUT2D eigenvalue weighted by Gasteiger charge is -2.23. The van der Waals surface area contributed by atoms with Crippen molar-refractivity contribution in [3.63, 3.8) is 0 Å². The highest BCUT2D eigenvalue weighted by Gasteiger charge is 2.20. The van der Waals surface area contributed by atoms with Gasteiger partial charge in [0.2, 0.25) is 11.9 Å². The van der Waals surface area contributed by atoms with Gasteiger partial charge in [0.05, 0.1) is 13.2 Å². The summed E-state index contributed by atoms with van der Waals surface area (Å²) in [5.74, 6) is 0.204. The second-order valence-corrected chi connectivity index (χ2v) is 8.13. The van der Waals surface area contributed by atoms with E-state index >= 15 is 0 Å². The van der Waals surface area contributed by atoms with Gasteiger partial charge in [-0.1, -0.05) is 13.8 Å². The Bertz CT molecular complexity index is 929. The van der Waals surface area contributed by atoms with Gasteiger partial charge in [-0.05, 0) is 36.6 Å². The first kappa shape index (κ1) is 23.3. The van der Waals surface area contributed by atoms with Crippen LogP contribution in [0.2, 0.25) is 0 Å². The van der Waals surface area contributed by atoms with Crippen molar-refractivity contribution < 1.29 is 19.1 Å². The lowest BCUT2D eigenvalue weighted by Crippen LogP contribution is -2.37. The zero-order valence-electron chi connectivity index (χ0n) is 18.3. The van der Waals surface area contributed by atoms with Gasteiger partial charge >= 0.3 is 0 Å². The highest BCUT2D eigenvalue weighted by molar-refractivity contribution is 5.98. The van der Waals surface area contributed by atoms with Crippen molar-refractivity contribution in [3.05, 3.63) is 36.0 Å². The standard InChI is InChI=1S/C22H30N6O4/c1-13(2)11-18(20(24)30)27-22-25-12-17(19(23)29)21(28-22)26-14-3-5-15(6-4-14)32-16-7-9-31-10-8-16/h3-6,12-13,16,18H,7-11H2,1-2H3,(H2,23,29)(H2,24,30)(H2,25,26,27,28)/t18-/m1/s1. The molecular formula is C22H30N6O4. The predicted molar refractivity (Wildman–Crippen MR) is 121 cm³/mol. The van der Waals surface area contributed by atoms with Crippen molar-refractivity contribution in [2.45, 2.75) is 45.3 Å². The van der Waals surface area contributed by atoms with E-state index in [2.05, 4.69) is 20.6 Å². The minimum absolute atomic E-state index is 0.123. The molecule has 10 nitrogen and oxygen atoms in total. The second kappa shape index (κ2) is 10.8. The summed E-state index contributed by atoms with van der Waals surface area (Å²) in [5.41, 5.74) is 11.8. The summed E-state index contributed by atoms with van der Waals surface area (Å²) < 4.78 is 11.3. The molecule has 2 heterocycles. The fourth-order valence-corrected chi connectivity index (χ4v) is 3.34. The summed E-state index contributed by atoms with van der Waals surface area (Å²) in [6.45, 7) is 5.38. The number of benzene rings is 1. The number of nitrogens with zero attached hydrogens (tertiary/aromatic N) is 2. The molecule has 3 rings (SSSR count). The van der Waals surface area contributed by atoms with Crippen molar-refractivity contribution in [2.75, 3.05) is 23.8 Å². The SMILES string of the molecule is CC(C)C[C@@H](Nc1ncc(C(N)=O)c(Nc2ccc(OC3CCOCC3)cc2)n1)C(N)=O. The number of hydrogen-bond donors (Lipinski definition) is 4. The molecule has 1 atom stereocenters. The number of carbonyl (C=O) groups excluding carboxylic acids is 2. The molecule has 6 N–H and O–H groups in total. The zero-order chi connectivity index (χ0) is 23.1. The van der Waals surface area contributed by atoms with Gasteiger partial charge < -0.3 is 31.6 Å². The third-order valence-corrected chi connectivity index (χ3v) is 5.00. The fraction of sp³-hybridized carbons (Fsp3) is 0.455. The van der Waals surface area contributed by atoms with Gasteiger partial charge in [0, 0.05) is 24.7 Å². The molecule has 1 aliphatic heterocycles. The van der Waals surface area contributed by atoms with Crippen LogP contribution in [0.4, 0.5) is 17.5 Å². The van der Waals surface area contributed by atoms with Gasteiger partial charge in [0.25, 0.3) is 5.91 Å². The molecule has 1 aliphatic rings. The van der Waals surface area contributed by atoms with Gasteiger partial charge in [-0.25, -0.2) is 4.98 Å². The first-order valence-corrected chi connectivity index (χ1v) is 10.7. The van der Waals surface area contributed by atoms with E-state index in [1.165, 1.54) is 6.20 Å². The first-order chi connectivity index (χ1) is 15.3. The minimum Gasteiger partial charge on any atom is -0.490 e. The van der Waals surface area contributed by atoms with Crippen LogP contribution >= 0.6 is 0 Å². The molecule has 0 saturated carbocycles. The summed E-state index contributed by atoms with van der Waals surface area (Å²) in [7, 11) is 0. The van der Waals surface area contributed by atoms with E-state index < -0.39 is 17.9 Å². The Morgan fingerprint density at radius 3 is 2.47 bits per heavy atom. The molecule has 1 aromatic heterocycles. The Hall–Kier alpha value is -3.40. The van der Waals surface area contributed by atoms with E-state index in [0.29, 0.717) is 25.3 Å². The monoisotopic (exact) mass is 442 g/mol. The van der Waals surface area contributed by atoms with Crippen LogP contribution in [0.25, 0.3) is 0 Å². The first-order valence-electron chi connectivity index (χ1n) is 10.7. The molecule has 0 spiro atoms. The minimum atomic E-state index is -0.674. The lowest BCUT2D eigenvalue weighted by molar-refractivity contribution is -0.119. The average molecular weight is 443 g/mol. The number of nitrogens with two attached hydrogens (primary N) is 2. The lowest BCUT2D eigenvalue weighted by atomic mass is 10.0. The maximum absolute atomic E-state index is 11.9. The topological polar surface area (TPSA) is 154 Å². The third-order valence-electron chi connectivity index (χ3n) is 5.00. The van der Waals surface area contributed by atoms with Crippen LogP contribution in [0.1, 0.15) is 43.5 Å². The third kappa shape index (κ3) is 6.55. The molecule has 0 radical (unpaired) electrons. The summed E-state index contributed by atoms with van der Waals surface area (Å²) in [5, 5.41) is 6.02. The van der Waals surface area contributed by atoms with Crippen LogP contribution in [0.5, 0.6) is 5.75 Å². The maximum Gasteiger partial charge on any atom is 0.254 e. The van der Waals surface area contributed by atoms with Crippen LogP contribution in [0, 0.1) is 5.92 Å². The molecular weight excluding hydrogens is 412 g/mol. The number of ether oxygens (including phenoxy) is 2. The maximum atomic E-state index is 11.9. The van der Waals surface area contributed by atoms with Crippen molar-refractivity contribution >= 4 is 29.3 Å². The molecule has 1 fully saturated rings. The highest BCUT2D eigenvalue weighted by atomic mass is 16.5. The van der Waals surface area contributed by atoms with Gasteiger partial charge in [0.15, 0.2) is 0 Å². The molecule has 1 aromatic carbocycles. The molecule has 0 aliphatic carbocycles. The zero-order valence-corrected chi connectivity index (χ0v) is 18.3. The number of aromatic nitrogens is 2. The van der Waals surface area contributed by atoms with Gasteiger partial charge in [-0.15, -0.1) is 0 Å². The van der Waals surface area contributed by atoms with E-state index in [-0.39, 0.29) is 29.4 Å². The molecule has 0 unspecified atom stereocenters. The van der Waals surface area contributed by atoms with E-state index in [0.717, 1.165) is 18.6 Å². The second-order valence-electron chi connectivity index (χ2n) is 8.13. The van der Waals surface area contributed by atoms with E-state index in [9.17, 15) is 9.59 Å². The molecule has 172 valence electrons. The molecule has 0 bridgehead atoms. The fourth-order valence-electron chi connectivity index (χ4n) is 3.34. The number of nitrogens with one attached hydrogen (secondary N) is 2. The number of hydrogen-bond acceptors (Lipinski definition) is 8. The summed E-state index contributed by atoms with van der Waals surface area (Å²) >= 11 is 0. The number of anilines is 3. The number of carbonyl (C=O) groups is 2. The normalized spacial score (nSPS) is 15.2. The van der Waals surface area contributed by atoms with Crippen LogP contribution in [0.3, 0.4) is 0 Å². The van der Waals surface area contributed by atoms with Gasteiger partial charge in [-0.3, -0.25) is 9.59 Å². The van der Waals surface area contributed by atoms with Crippen molar-refractivity contribution in [1.29, 1.82) is 0 Å². The average Bonchev–Trinajstić information content (AvgIpc) is 2.75. The predicted octanol–water partition coefficient (Wildman–Crippen LogP) is 2.19. The van der Waals surface area contributed by atoms with Gasteiger partial charge in [-0.2, -0.15) is 4.98 Å². The Morgan fingerprint density at radius 1 is 1.19 bits per heavy atom. The van der Waals surface area contributed by atoms with Gasteiger partial charge in [0.1, 0.15) is 29.3 Å². The quantitative estimate of drug-likeness (QED) is 0.436. The molecule has 10 heteroatoms. The van der Waals surface area contributed by atoms with Crippen LogP contribution in [-0.2, 0) is 9.53 Å². The molecule has 1 saturated heterocycles. The number of primary amides is 2. The van der Waals surface area contributed by atoms with Crippen LogP contribution in [0.15, 0.2) is 30.5 Å². The number of amides is 2. The Labute approximate surface area is 187 Å². The Kier molecular flexibility index (Phi) is 7.82. The van der Waals surface area contributed by atoms with E-state index in [4.69, 9.17) is 20.9 Å². The van der Waals surface area contributed by atoms with Crippen molar-refractivity contribution in [2.24, 2.45) is 17.4 Å². The van der Waals surface area contributed by atoms with E-state index in [1.54, 1.807) is 0 Å². The Balaban J connectivity index is 1.74. The molecule has 2 amide bonds. The van der Waals surface area contributed by atoms with Crippen LogP contribution < -0.4 is 26.8 Å². The van der Waals surface area contributed by atoms with Crippen LogP contribution in [-0.4, -0.2) is 47.1 Å². The summed E-state index contributed by atoms with van der Waals surface area (Å²) in [6, 6.07) is 6.69. The highest BCUT2D eigenvalue weighted by Crippen LogP contribution is 2.24. The van der Waals surface area contributed by atoms with Crippen molar-refractivity contribution in [1.82, 2.24) is 9.97 Å². The number of rotatable bonds is 10. The smallest absolute Gasteiger partial charge is 0.254 e. The summed E-state index contributed by atoms with van der Waals surface area (Å²) in [6.07, 6.45) is 3.70. The molecule has 2 aromatic rings. The Morgan fingerprint density at radius 2 is 1.88 bits per heavy atom. The summed E-state index contributed by atoms with van der Waals surface area (Å²) in [4.78, 5) is 32.1. The van der Waals surface area contributed by atoms with E-state index in [1.807, 2.05) is 38.1 Å².